The fourth-order valence-electron chi connectivity index (χ4n) is 5.37. The van der Waals surface area contributed by atoms with Gasteiger partial charge in [0, 0.05) is 38.6 Å². The van der Waals surface area contributed by atoms with Crippen LogP contribution in [-0.4, -0.2) is 84.0 Å². The van der Waals surface area contributed by atoms with Crippen LogP contribution >= 0.6 is 11.6 Å². The Hall–Kier alpha value is -2.82. The number of carbonyl (C=O) groups is 2. The molecule has 0 unspecified atom stereocenters. The van der Waals surface area contributed by atoms with E-state index in [0.717, 1.165) is 55.7 Å². The number of nitrogens with one attached hydrogen (secondary N) is 2. The summed E-state index contributed by atoms with van der Waals surface area (Å²) in [5, 5.41) is 16.4. The highest BCUT2D eigenvalue weighted by Crippen LogP contribution is 2.50. The lowest BCUT2D eigenvalue weighted by molar-refractivity contribution is -0.142. The molecule has 0 bridgehead atoms. The third kappa shape index (κ3) is 8.14. The van der Waals surface area contributed by atoms with Gasteiger partial charge in [-0.1, -0.05) is 17.7 Å². The third-order valence-electron chi connectivity index (χ3n) is 8.03. The molecule has 4 rings (SSSR count). The lowest BCUT2D eigenvalue weighted by Crippen LogP contribution is -2.48. The maximum Gasteiger partial charge on any atom is 0.326 e. The van der Waals surface area contributed by atoms with Gasteiger partial charge in [-0.15, -0.1) is 0 Å². The van der Waals surface area contributed by atoms with E-state index >= 15 is 0 Å². The number of pyridine rings is 2. The monoisotopic (exact) mass is 589 g/mol. The van der Waals surface area contributed by atoms with Gasteiger partial charge in [-0.05, 0) is 88.1 Å². The largest absolute Gasteiger partial charge is 0.480 e. The Morgan fingerprint density at radius 2 is 2.10 bits per heavy atom. The summed E-state index contributed by atoms with van der Waals surface area (Å²) in [6, 6.07) is 4.90. The molecule has 0 aromatic carbocycles. The van der Waals surface area contributed by atoms with Crippen molar-refractivity contribution in [2.24, 2.45) is 0 Å². The predicted molar refractivity (Wildman–Crippen MR) is 156 cm³/mol. The van der Waals surface area contributed by atoms with Crippen LogP contribution in [0.25, 0.3) is 0 Å². The topological polar surface area (TPSA) is 117 Å². The summed E-state index contributed by atoms with van der Waals surface area (Å²) in [6.45, 7) is 3.54. The molecule has 1 amide bonds. The summed E-state index contributed by atoms with van der Waals surface area (Å²) < 4.78 is 18.7. The van der Waals surface area contributed by atoms with Crippen LogP contribution in [0.5, 0.6) is 0 Å². The maximum absolute atomic E-state index is 13.5. The van der Waals surface area contributed by atoms with Gasteiger partial charge in [0.15, 0.2) is 0 Å². The number of unbranched alkanes of at least 4 members (excludes halogenated alkanes) is 1. The molecule has 1 aliphatic carbocycles. The van der Waals surface area contributed by atoms with Gasteiger partial charge in [-0.3, -0.25) is 9.78 Å². The van der Waals surface area contributed by atoms with Gasteiger partial charge < -0.3 is 25.4 Å². The molecule has 0 radical (unpaired) electrons. The number of rotatable bonds is 16. The van der Waals surface area contributed by atoms with E-state index in [1.165, 1.54) is 12.7 Å². The highest BCUT2D eigenvalue weighted by Gasteiger charge is 2.54. The van der Waals surface area contributed by atoms with E-state index in [-0.39, 0.29) is 12.3 Å². The first-order valence-electron chi connectivity index (χ1n) is 14.5. The van der Waals surface area contributed by atoms with Crippen molar-refractivity contribution in [3.63, 3.8) is 0 Å². The molecule has 1 fully saturated rings. The molecule has 41 heavy (non-hydrogen) atoms. The van der Waals surface area contributed by atoms with Crippen LogP contribution < -0.4 is 10.6 Å². The van der Waals surface area contributed by atoms with Crippen molar-refractivity contribution in [1.82, 2.24) is 20.2 Å². The minimum Gasteiger partial charge on any atom is -0.480 e. The smallest absolute Gasteiger partial charge is 0.326 e. The second-order valence-corrected chi connectivity index (χ2v) is 11.6. The number of nitrogens with zero attached hydrogens (tertiary/aromatic N) is 3. The van der Waals surface area contributed by atoms with Crippen molar-refractivity contribution in [3.05, 3.63) is 51.9 Å². The number of halogens is 2. The van der Waals surface area contributed by atoms with Crippen LogP contribution in [0.1, 0.15) is 61.0 Å². The van der Waals surface area contributed by atoms with E-state index < -0.39 is 30.2 Å². The van der Waals surface area contributed by atoms with E-state index in [1.54, 1.807) is 12.3 Å². The molecule has 1 aliphatic heterocycles. The summed E-state index contributed by atoms with van der Waals surface area (Å²) in [4.78, 5) is 36.6. The molecule has 2 atom stereocenters. The lowest BCUT2D eigenvalue weighted by atomic mass is 9.99. The van der Waals surface area contributed by atoms with Crippen LogP contribution in [-0.2, 0) is 32.6 Å². The van der Waals surface area contributed by atoms with Gasteiger partial charge in [0.25, 0.3) is 0 Å². The van der Waals surface area contributed by atoms with E-state index in [0.29, 0.717) is 43.2 Å². The summed E-state index contributed by atoms with van der Waals surface area (Å²) in [6.07, 6.45) is 7.08. The van der Waals surface area contributed by atoms with Gasteiger partial charge in [-0.2, -0.15) is 0 Å². The molecular weight excluding hydrogens is 549 g/mol. The van der Waals surface area contributed by atoms with Crippen molar-refractivity contribution in [1.29, 1.82) is 0 Å². The Balaban J connectivity index is 1.32. The van der Waals surface area contributed by atoms with Crippen molar-refractivity contribution in [2.45, 2.75) is 75.9 Å². The molecule has 3 heterocycles. The molecular formula is C30H41ClFN5O4. The first-order chi connectivity index (χ1) is 19.8. The second kappa shape index (κ2) is 14.4. The normalized spacial score (nSPS) is 16.9. The number of carboxylic acids is 1. The molecule has 0 spiro atoms. The third-order valence-corrected chi connectivity index (χ3v) is 8.32. The van der Waals surface area contributed by atoms with Crippen LogP contribution in [0, 0.1) is 6.92 Å². The fraction of sp³-hybridized carbons (Fsp3) is 0.600. The number of alkyl halides is 1. The molecule has 224 valence electrons. The number of amides is 1. The average molecular weight is 590 g/mol. The van der Waals surface area contributed by atoms with Crippen molar-refractivity contribution < 1.29 is 23.8 Å². The van der Waals surface area contributed by atoms with Crippen LogP contribution in [0.15, 0.2) is 24.4 Å². The van der Waals surface area contributed by atoms with Gasteiger partial charge in [-0.25, -0.2) is 14.2 Å². The van der Waals surface area contributed by atoms with Gasteiger partial charge in [0.05, 0.1) is 22.2 Å². The van der Waals surface area contributed by atoms with Gasteiger partial charge >= 0.3 is 5.97 Å². The molecule has 9 nitrogen and oxygen atoms in total. The van der Waals surface area contributed by atoms with E-state index in [1.807, 2.05) is 11.8 Å². The van der Waals surface area contributed by atoms with Gasteiger partial charge in [0.2, 0.25) is 5.91 Å². The Labute approximate surface area is 246 Å². The molecule has 1 saturated carbocycles. The van der Waals surface area contributed by atoms with Crippen molar-refractivity contribution in [3.8, 4) is 0 Å². The number of aromatic nitrogens is 2. The minimum atomic E-state index is -1.11. The standard InChI is InChI=1S/C30H41ClFN5O4/c1-20-16-24(31)26(34-18-20)30(11-12-30)29(40)36-25(28(38)39)10-15-37(19-23(17-32)41-2)14-4-3-7-22-9-8-21-6-5-13-33-27(21)35-22/h8-9,16,18,23,25H,3-7,10-15,17,19H2,1-2H3,(H,33,35)(H,36,40)(H,38,39)/t23-,25+/m1/s1. The van der Waals surface area contributed by atoms with E-state index in [2.05, 4.69) is 27.8 Å². The Bertz CT molecular complexity index is 1210. The zero-order chi connectivity index (χ0) is 29.4. The maximum atomic E-state index is 13.5. The summed E-state index contributed by atoms with van der Waals surface area (Å²) >= 11 is 6.39. The number of anilines is 1. The molecule has 3 N–H and O–H groups in total. The minimum absolute atomic E-state index is 0.174. The molecule has 2 aromatic rings. The molecule has 2 aromatic heterocycles. The van der Waals surface area contributed by atoms with Crippen molar-refractivity contribution >= 4 is 29.3 Å². The molecule has 0 saturated heterocycles. The number of aryl methyl sites for hydroxylation is 3. The van der Waals surface area contributed by atoms with Gasteiger partial charge in [0.1, 0.15) is 18.5 Å². The quantitative estimate of drug-likeness (QED) is 0.251. The predicted octanol–water partition coefficient (Wildman–Crippen LogP) is 4.10. The number of fused-ring (bicyclic) bond motifs is 1. The lowest BCUT2D eigenvalue weighted by Gasteiger charge is -2.27. The highest BCUT2D eigenvalue weighted by atomic mass is 35.5. The Morgan fingerprint density at radius 1 is 1.29 bits per heavy atom. The van der Waals surface area contributed by atoms with Crippen LogP contribution in [0.2, 0.25) is 5.02 Å². The Kier molecular flexibility index (Phi) is 10.9. The zero-order valence-electron chi connectivity index (χ0n) is 23.9. The van der Waals surface area contributed by atoms with E-state index in [9.17, 15) is 19.1 Å². The van der Waals surface area contributed by atoms with E-state index in [4.69, 9.17) is 21.3 Å². The highest BCUT2D eigenvalue weighted by molar-refractivity contribution is 6.31. The second-order valence-electron chi connectivity index (χ2n) is 11.2. The SMILES string of the molecule is CO[C@H](CF)CN(CCCCc1ccc2c(n1)NCCC2)CC[C@H](NC(=O)C1(c2ncc(C)cc2Cl)CC1)C(=O)O. The Morgan fingerprint density at radius 3 is 2.78 bits per heavy atom. The number of ether oxygens (including phenoxy) is 1. The summed E-state index contributed by atoms with van der Waals surface area (Å²) in [7, 11) is 1.47. The number of methoxy groups -OCH3 is 1. The van der Waals surface area contributed by atoms with Crippen LogP contribution in [0.3, 0.4) is 0 Å². The number of hydrogen-bond donors (Lipinski definition) is 3. The fourth-order valence-corrected chi connectivity index (χ4v) is 5.77. The zero-order valence-corrected chi connectivity index (χ0v) is 24.7. The summed E-state index contributed by atoms with van der Waals surface area (Å²) in [5.41, 5.74) is 2.77. The number of carboxylic acid groups (broad SMARTS) is 1. The molecule has 11 heteroatoms. The number of hydrogen-bond acceptors (Lipinski definition) is 7. The number of aliphatic carboxylic acids is 1. The molecule has 2 aliphatic rings. The average Bonchev–Trinajstić information content (AvgIpc) is 3.77. The first-order valence-corrected chi connectivity index (χ1v) is 14.8. The number of carbonyl (C=O) groups excluding carboxylic acids is 1. The summed E-state index contributed by atoms with van der Waals surface area (Å²) in [5.74, 6) is -0.505. The van der Waals surface area contributed by atoms with Crippen LogP contribution in [0.4, 0.5) is 10.2 Å². The first kappa shape index (κ1) is 31.1. The van der Waals surface area contributed by atoms with Crippen molar-refractivity contribution in [2.75, 3.05) is 45.3 Å².